The van der Waals surface area contributed by atoms with Crippen LogP contribution in [0.4, 0.5) is 17.2 Å². The van der Waals surface area contributed by atoms with Gasteiger partial charge in [0, 0.05) is 17.3 Å². The van der Waals surface area contributed by atoms with Crippen LogP contribution in [0, 0.1) is 10.1 Å². The van der Waals surface area contributed by atoms with Crippen LogP contribution in [0.15, 0.2) is 73.4 Å². The lowest BCUT2D eigenvalue weighted by Crippen LogP contribution is -2.07. The van der Waals surface area contributed by atoms with Crippen LogP contribution in [-0.2, 0) is 0 Å². The fourth-order valence-corrected chi connectivity index (χ4v) is 3.27. The van der Waals surface area contributed by atoms with Gasteiger partial charge in [-0.05, 0) is 36.4 Å². The molecule has 9 nitrogen and oxygen atoms in total. The van der Waals surface area contributed by atoms with Crippen molar-refractivity contribution < 1.29 is 4.92 Å². The maximum atomic E-state index is 12.0. The lowest BCUT2D eigenvalue weighted by atomic mass is 10.2. The molecule has 0 unspecified atom stereocenters. The molecule has 0 spiro atoms. The Morgan fingerprint density at radius 3 is 2.66 bits per heavy atom. The van der Waals surface area contributed by atoms with E-state index in [0.717, 1.165) is 21.9 Å². The van der Waals surface area contributed by atoms with Crippen LogP contribution in [0.3, 0.4) is 0 Å². The molecule has 0 aliphatic heterocycles. The number of fused-ring (bicyclic) bond motifs is 2. The van der Waals surface area contributed by atoms with Crippen molar-refractivity contribution in [2.45, 2.75) is 0 Å². The predicted molar refractivity (Wildman–Crippen MR) is 108 cm³/mol. The van der Waals surface area contributed by atoms with Gasteiger partial charge in [0.05, 0.1) is 21.5 Å². The minimum absolute atomic E-state index is 0.0918. The second-order valence-corrected chi connectivity index (χ2v) is 6.26. The highest BCUT2D eigenvalue weighted by Gasteiger charge is 2.25. The van der Waals surface area contributed by atoms with Crippen molar-refractivity contribution in [1.29, 1.82) is 0 Å². The Labute approximate surface area is 163 Å². The van der Waals surface area contributed by atoms with E-state index in [4.69, 9.17) is 0 Å². The number of nitrogens with zero attached hydrogens (tertiary/aromatic N) is 6. The smallest absolute Gasteiger partial charge is 0.334 e. The molecule has 0 fully saturated rings. The predicted octanol–water partition coefficient (Wildman–Crippen LogP) is 4.02. The van der Waals surface area contributed by atoms with Gasteiger partial charge in [-0.15, -0.1) is 0 Å². The Morgan fingerprint density at radius 2 is 1.76 bits per heavy atom. The molecule has 5 rings (SSSR count). The van der Waals surface area contributed by atoms with E-state index in [0.29, 0.717) is 5.69 Å². The minimum atomic E-state index is -0.490. The van der Waals surface area contributed by atoms with Crippen LogP contribution in [0.1, 0.15) is 0 Å². The standard InChI is InChI=1S/C20H13N7O2/c28-27(29)18-19(25-15-8-3-7-14-13(15)5-4-10-21-14)22-11-23-20(18)26-12-24-16-6-1-2-9-17(16)26/h1-12H,(H,22,23,25). The average Bonchev–Trinajstić information content (AvgIpc) is 3.18. The SMILES string of the molecule is O=[N+]([O-])c1c(Nc2cccc3ncccc23)ncnc1-n1cnc2ccccc21. The van der Waals surface area contributed by atoms with E-state index in [1.165, 1.54) is 12.7 Å². The first-order valence-corrected chi connectivity index (χ1v) is 8.75. The Morgan fingerprint density at radius 1 is 0.897 bits per heavy atom. The molecule has 0 aliphatic rings. The van der Waals surface area contributed by atoms with E-state index in [2.05, 4.69) is 25.3 Å². The van der Waals surface area contributed by atoms with E-state index >= 15 is 0 Å². The van der Waals surface area contributed by atoms with Gasteiger partial charge in [-0.1, -0.05) is 18.2 Å². The lowest BCUT2D eigenvalue weighted by molar-refractivity contribution is -0.384. The van der Waals surface area contributed by atoms with Crippen molar-refractivity contribution in [3.8, 4) is 5.82 Å². The first-order valence-electron chi connectivity index (χ1n) is 8.75. The maximum Gasteiger partial charge on any atom is 0.354 e. The van der Waals surface area contributed by atoms with Crippen molar-refractivity contribution >= 4 is 39.1 Å². The fourth-order valence-electron chi connectivity index (χ4n) is 3.27. The molecule has 2 aromatic carbocycles. The summed E-state index contributed by atoms with van der Waals surface area (Å²) in [6.45, 7) is 0. The van der Waals surface area contributed by atoms with Crippen molar-refractivity contribution in [3.05, 3.63) is 83.6 Å². The Bertz CT molecular complexity index is 1370. The van der Waals surface area contributed by atoms with Crippen molar-refractivity contribution in [2.75, 3.05) is 5.32 Å². The lowest BCUT2D eigenvalue weighted by Gasteiger charge is -2.11. The van der Waals surface area contributed by atoms with Gasteiger partial charge in [0.25, 0.3) is 0 Å². The van der Waals surface area contributed by atoms with Crippen molar-refractivity contribution in [3.63, 3.8) is 0 Å². The molecule has 0 saturated heterocycles. The molecule has 0 atom stereocenters. The molecule has 0 amide bonds. The van der Waals surface area contributed by atoms with Crippen LogP contribution in [0.5, 0.6) is 0 Å². The minimum Gasteiger partial charge on any atom is -0.334 e. The summed E-state index contributed by atoms with van der Waals surface area (Å²) in [4.78, 5) is 28.4. The van der Waals surface area contributed by atoms with Gasteiger partial charge < -0.3 is 5.32 Å². The number of hydrogen-bond donors (Lipinski definition) is 1. The number of aromatic nitrogens is 5. The van der Waals surface area contributed by atoms with E-state index in [1.54, 1.807) is 10.8 Å². The van der Waals surface area contributed by atoms with E-state index in [1.807, 2.05) is 54.6 Å². The highest BCUT2D eigenvalue weighted by atomic mass is 16.6. The van der Waals surface area contributed by atoms with Gasteiger partial charge in [-0.25, -0.2) is 15.0 Å². The Balaban J connectivity index is 1.68. The average molecular weight is 383 g/mol. The van der Waals surface area contributed by atoms with Gasteiger partial charge in [0.15, 0.2) is 0 Å². The number of pyridine rings is 1. The van der Waals surface area contributed by atoms with Crippen LogP contribution < -0.4 is 5.32 Å². The summed E-state index contributed by atoms with van der Waals surface area (Å²) in [6.07, 6.45) is 4.51. The number of benzene rings is 2. The zero-order valence-corrected chi connectivity index (χ0v) is 14.9. The maximum absolute atomic E-state index is 12.0. The first-order chi connectivity index (χ1) is 14.2. The zero-order valence-electron chi connectivity index (χ0n) is 14.9. The summed E-state index contributed by atoms with van der Waals surface area (Å²) >= 11 is 0. The van der Waals surface area contributed by atoms with E-state index < -0.39 is 4.92 Å². The summed E-state index contributed by atoms with van der Waals surface area (Å²) in [6, 6.07) is 16.6. The third-order valence-electron chi connectivity index (χ3n) is 4.57. The number of nitrogens with one attached hydrogen (secondary N) is 1. The summed E-state index contributed by atoms with van der Waals surface area (Å²) in [5.74, 6) is 0.230. The van der Waals surface area contributed by atoms with E-state index in [-0.39, 0.29) is 17.3 Å². The van der Waals surface area contributed by atoms with Gasteiger partial charge in [0.2, 0.25) is 11.6 Å². The largest absolute Gasteiger partial charge is 0.354 e. The quantitative estimate of drug-likeness (QED) is 0.368. The molecule has 0 radical (unpaired) electrons. The Hall–Kier alpha value is -4.40. The molecule has 0 saturated carbocycles. The van der Waals surface area contributed by atoms with Gasteiger partial charge in [-0.3, -0.25) is 19.7 Å². The first kappa shape index (κ1) is 16.8. The highest BCUT2D eigenvalue weighted by Crippen LogP contribution is 2.33. The summed E-state index contributed by atoms with van der Waals surface area (Å²) in [5, 5.41) is 15.9. The monoisotopic (exact) mass is 383 g/mol. The normalized spacial score (nSPS) is 11.0. The molecule has 29 heavy (non-hydrogen) atoms. The van der Waals surface area contributed by atoms with Gasteiger partial charge in [-0.2, -0.15) is 0 Å². The van der Waals surface area contributed by atoms with Gasteiger partial charge in [0.1, 0.15) is 12.7 Å². The number of hydrogen-bond acceptors (Lipinski definition) is 7. The highest BCUT2D eigenvalue weighted by molar-refractivity contribution is 5.93. The molecular formula is C20H13N7O2. The summed E-state index contributed by atoms with van der Waals surface area (Å²) in [7, 11) is 0. The molecule has 0 bridgehead atoms. The molecule has 9 heteroatoms. The topological polar surface area (TPSA) is 112 Å². The van der Waals surface area contributed by atoms with Crippen molar-refractivity contribution in [2.24, 2.45) is 0 Å². The number of rotatable bonds is 4. The van der Waals surface area contributed by atoms with Crippen LogP contribution >= 0.6 is 0 Å². The number of nitro groups is 1. The molecule has 5 aromatic rings. The summed E-state index contributed by atoms with van der Waals surface area (Å²) in [5.41, 5.74) is 2.63. The van der Waals surface area contributed by atoms with Gasteiger partial charge >= 0.3 is 5.69 Å². The van der Waals surface area contributed by atoms with Crippen LogP contribution in [0.2, 0.25) is 0 Å². The van der Waals surface area contributed by atoms with Crippen LogP contribution in [0.25, 0.3) is 27.8 Å². The molecule has 0 aliphatic carbocycles. The third-order valence-corrected chi connectivity index (χ3v) is 4.57. The molecular weight excluding hydrogens is 370 g/mol. The van der Waals surface area contributed by atoms with Crippen LogP contribution in [-0.4, -0.2) is 29.4 Å². The molecule has 1 N–H and O–H groups in total. The Kier molecular flexibility index (Phi) is 3.84. The molecule has 3 aromatic heterocycles. The zero-order chi connectivity index (χ0) is 19.8. The molecule has 3 heterocycles. The second kappa shape index (κ2) is 6.64. The number of anilines is 2. The molecule has 140 valence electrons. The third kappa shape index (κ3) is 2.81. The second-order valence-electron chi connectivity index (χ2n) is 6.26. The van der Waals surface area contributed by atoms with E-state index in [9.17, 15) is 10.1 Å². The fraction of sp³-hybridized carbons (Fsp3) is 0. The number of para-hydroxylation sites is 2. The van der Waals surface area contributed by atoms with Crippen molar-refractivity contribution in [1.82, 2.24) is 24.5 Å². The summed E-state index contributed by atoms with van der Waals surface area (Å²) < 4.78 is 1.59. The number of imidazole rings is 1.